The lowest BCUT2D eigenvalue weighted by atomic mass is 9.94. The number of rotatable bonds is 4. The summed E-state index contributed by atoms with van der Waals surface area (Å²) in [5.41, 5.74) is -0.248. The molecule has 2 nitrogen and oxygen atoms in total. The minimum absolute atomic E-state index is 0.246. The van der Waals surface area contributed by atoms with Gasteiger partial charge in [-0.15, -0.1) is 0 Å². The van der Waals surface area contributed by atoms with Crippen LogP contribution in [0.15, 0.2) is 0 Å². The third-order valence-corrected chi connectivity index (χ3v) is 2.43. The van der Waals surface area contributed by atoms with Gasteiger partial charge in [0.2, 0.25) is 5.91 Å². The van der Waals surface area contributed by atoms with Gasteiger partial charge in [-0.2, -0.15) is 0 Å². The van der Waals surface area contributed by atoms with E-state index in [-0.39, 0.29) is 11.3 Å². The summed E-state index contributed by atoms with van der Waals surface area (Å²) in [6.07, 6.45) is 1.02. The molecule has 0 aliphatic carbocycles. The highest BCUT2D eigenvalue weighted by molar-refractivity contribution is 9.09. The number of amides is 1. The second-order valence-corrected chi connectivity index (χ2v) is 4.97. The first kappa shape index (κ1) is 12.9. The first-order valence-electron chi connectivity index (χ1n) is 4.78. The van der Waals surface area contributed by atoms with Crippen LogP contribution in [0, 0.1) is 5.41 Å². The molecule has 0 rings (SSSR count). The molecule has 1 amide bonds. The monoisotopic (exact) mass is 249 g/mol. The van der Waals surface area contributed by atoms with Gasteiger partial charge >= 0.3 is 0 Å². The second-order valence-electron chi connectivity index (χ2n) is 4.18. The lowest BCUT2D eigenvalue weighted by molar-refractivity contribution is -0.139. The maximum atomic E-state index is 11.8. The molecule has 0 aliphatic rings. The van der Waals surface area contributed by atoms with E-state index < -0.39 is 0 Å². The van der Waals surface area contributed by atoms with Crippen LogP contribution in [-0.2, 0) is 4.79 Å². The van der Waals surface area contributed by atoms with E-state index in [2.05, 4.69) is 15.9 Å². The average Bonchev–Trinajstić information content (AvgIpc) is 2.04. The van der Waals surface area contributed by atoms with Crippen molar-refractivity contribution in [3.05, 3.63) is 0 Å². The lowest BCUT2D eigenvalue weighted by Gasteiger charge is -2.28. The Labute approximate surface area is 89.8 Å². The first-order valence-corrected chi connectivity index (χ1v) is 5.91. The fourth-order valence-electron chi connectivity index (χ4n) is 1.13. The van der Waals surface area contributed by atoms with Crippen LogP contribution in [-0.4, -0.2) is 29.2 Å². The van der Waals surface area contributed by atoms with Crippen LogP contribution in [0.4, 0.5) is 0 Å². The Balaban J connectivity index is 4.16. The molecule has 0 N–H and O–H groups in total. The highest BCUT2D eigenvalue weighted by Gasteiger charge is 2.25. The molecule has 0 atom stereocenters. The summed E-state index contributed by atoms with van der Waals surface area (Å²) in [5.74, 6) is 0.246. The summed E-state index contributed by atoms with van der Waals surface area (Å²) < 4.78 is 0. The standard InChI is InChI=1S/C10H20BrNO/c1-5-12(8-6-7-11)9(13)10(2,3)4/h5-8H2,1-4H3. The van der Waals surface area contributed by atoms with Crippen LogP contribution >= 0.6 is 15.9 Å². The maximum absolute atomic E-state index is 11.8. The van der Waals surface area contributed by atoms with Crippen molar-refractivity contribution in [2.45, 2.75) is 34.1 Å². The molecule has 0 aliphatic heterocycles. The Morgan fingerprint density at radius 2 is 1.92 bits per heavy atom. The van der Waals surface area contributed by atoms with Crippen molar-refractivity contribution < 1.29 is 4.79 Å². The van der Waals surface area contributed by atoms with Crippen molar-refractivity contribution in [2.24, 2.45) is 5.41 Å². The van der Waals surface area contributed by atoms with Crippen LogP contribution in [0.1, 0.15) is 34.1 Å². The summed E-state index contributed by atoms with van der Waals surface area (Å²) in [4.78, 5) is 13.7. The van der Waals surface area contributed by atoms with E-state index in [1.807, 2.05) is 32.6 Å². The minimum Gasteiger partial charge on any atom is -0.342 e. The predicted molar refractivity (Wildman–Crippen MR) is 60.1 cm³/mol. The van der Waals surface area contributed by atoms with Gasteiger partial charge in [-0.05, 0) is 13.3 Å². The fraction of sp³-hybridized carbons (Fsp3) is 0.900. The van der Waals surface area contributed by atoms with Gasteiger partial charge in [0, 0.05) is 23.8 Å². The van der Waals surface area contributed by atoms with E-state index >= 15 is 0 Å². The largest absolute Gasteiger partial charge is 0.342 e. The average molecular weight is 250 g/mol. The Bertz CT molecular complexity index is 163. The number of carbonyl (C=O) groups excluding carboxylic acids is 1. The molecular weight excluding hydrogens is 230 g/mol. The van der Waals surface area contributed by atoms with E-state index in [0.29, 0.717) is 0 Å². The van der Waals surface area contributed by atoms with Crippen molar-refractivity contribution in [3.63, 3.8) is 0 Å². The summed E-state index contributed by atoms with van der Waals surface area (Å²) in [6.45, 7) is 9.59. The lowest BCUT2D eigenvalue weighted by Crippen LogP contribution is -2.40. The van der Waals surface area contributed by atoms with Crippen LogP contribution in [0.2, 0.25) is 0 Å². The maximum Gasteiger partial charge on any atom is 0.227 e. The molecule has 0 bridgehead atoms. The van der Waals surface area contributed by atoms with Crippen molar-refractivity contribution in [3.8, 4) is 0 Å². The zero-order chi connectivity index (χ0) is 10.5. The highest BCUT2D eigenvalue weighted by atomic mass is 79.9. The molecule has 13 heavy (non-hydrogen) atoms. The Hall–Kier alpha value is -0.0500. The molecule has 0 saturated heterocycles. The molecule has 78 valence electrons. The summed E-state index contributed by atoms with van der Waals surface area (Å²) in [7, 11) is 0. The van der Waals surface area contributed by atoms with Gasteiger partial charge in [-0.25, -0.2) is 0 Å². The van der Waals surface area contributed by atoms with Crippen molar-refractivity contribution in [1.29, 1.82) is 0 Å². The van der Waals surface area contributed by atoms with E-state index in [9.17, 15) is 4.79 Å². The van der Waals surface area contributed by atoms with Crippen molar-refractivity contribution in [2.75, 3.05) is 18.4 Å². The number of carbonyl (C=O) groups is 1. The zero-order valence-electron chi connectivity index (χ0n) is 9.06. The molecule has 0 fully saturated rings. The van der Waals surface area contributed by atoms with Crippen molar-refractivity contribution >= 4 is 21.8 Å². The van der Waals surface area contributed by atoms with Gasteiger partial charge in [0.25, 0.3) is 0 Å². The SMILES string of the molecule is CCN(CCCBr)C(=O)C(C)(C)C. The number of hydrogen-bond donors (Lipinski definition) is 0. The third kappa shape index (κ3) is 4.65. The minimum atomic E-state index is -0.248. The van der Waals surface area contributed by atoms with E-state index in [0.717, 1.165) is 24.8 Å². The van der Waals surface area contributed by atoms with Crippen molar-refractivity contribution in [1.82, 2.24) is 4.90 Å². The summed E-state index contributed by atoms with van der Waals surface area (Å²) in [5, 5.41) is 0.959. The summed E-state index contributed by atoms with van der Waals surface area (Å²) in [6, 6.07) is 0. The van der Waals surface area contributed by atoms with Gasteiger partial charge in [0.1, 0.15) is 0 Å². The molecule has 3 heteroatoms. The summed E-state index contributed by atoms with van der Waals surface area (Å²) >= 11 is 3.37. The highest BCUT2D eigenvalue weighted by Crippen LogP contribution is 2.17. The normalized spacial score (nSPS) is 11.5. The third-order valence-electron chi connectivity index (χ3n) is 1.87. The van der Waals surface area contributed by atoms with Crippen LogP contribution in [0.5, 0.6) is 0 Å². The van der Waals surface area contributed by atoms with Gasteiger partial charge in [0.15, 0.2) is 0 Å². The number of hydrogen-bond acceptors (Lipinski definition) is 1. The van der Waals surface area contributed by atoms with Crippen LogP contribution < -0.4 is 0 Å². The first-order chi connectivity index (χ1) is 5.93. The van der Waals surface area contributed by atoms with Gasteiger partial charge < -0.3 is 4.90 Å². The Kier molecular flexibility index (Phi) is 5.61. The number of alkyl halides is 1. The number of halogens is 1. The molecule has 0 spiro atoms. The molecule has 0 aromatic carbocycles. The molecule has 0 aromatic heterocycles. The van der Waals surface area contributed by atoms with Gasteiger partial charge in [-0.3, -0.25) is 4.79 Å². The molecule has 0 unspecified atom stereocenters. The molecular formula is C10H20BrNO. The quantitative estimate of drug-likeness (QED) is 0.702. The van der Waals surface area contributed by atoms with Crippen LogP contribution in [0.25, 0.3) is 0 Å². The Morgan fingerprint density at radius 3 is 2.23 bits per heavy atom. The van der Waals surface area contributed by atoms with Gasteiger partial charge in [-0.1, -0.05) is 36.7 Å². The number of nitrogens with zero attached hydrogens (tertiary/aromatic N) is 1. The molecule has 0 heterocycles. The predicted octanol–water partition coefficient (Wildman–Crippen LogP) is 2.67. The molecule has 0 saturated carbocycles. The van der Waals surface area contributed by atoms with Crippen LogP contribution in [0.3, 0.4) is 0 Å². The zero-order valence-corrected chi connectivity index (χ0v) is 10.6. The van der Waals surface area contributed by atoms with E-state index in [4.69, 9.17) is 0 Å². The molecule has 0 aromatic rings. The Morgan fingerprint density at radius 1 is 1.38 bits per heavy atom. The van der Waals surface area contributed by atoms with E-state index in [1.165, 1.54) is 0 Å². The van der Waals surface area contributed by atoms with Gasteiger partial charge in [0.05, 0.1) is 0 Å². The molecule has 0 radical (unpaired) electrons. The smallest absolute Gasteiger partial charge is 0.227 e. The van der Waals surface area contributed by atoms with E-state index in [1.54, 1.807) is 0 Å². The topological polar surface area (TPSA) is 20.3 Å². The fourth-order valence-corrected chi connectivity index (χ4v) is 1.38. The second kappa shape index (κ2) is 5.63.